The van der Waals surface area contributed by atoms with Gasteiger partial charge in [-0.2, -0.15) is 4.98 Å². The second-order valence-electron chi connectivity index (χ2n) is 3.78. The lowest BCUT2D eigenvalue weighted by atomic mass is 10.3. The zero-order valence-electron chi connectivity index (χ0n) is 9.71. The second-order valence-corrected chi connectivity index (χ2v) is 5.44. The number of nitrogens with zero attached hydrogens (tertiary/aromatic N) is 2. The Bertz CT molecular complexity index is 812. The molecule has 2 heterocycles. The van der Waals surface area contributed by atoms with E-state index in [0.29, 0.717) is 9.98 Å². The summed E-state index contributed by atoms with van der Waals surface area (Å²) in [5.74, 6) is -0.898. The van der Waals surface area contributed by atoms with Crippen molar-refractivity contribution in [3.63, 3.8) is 0 Å². The van der Waals surface area contributed by atoms with E-state index in [1.54, 1.807) is 29.8 Å². The Morgan fingerprint density at radius 2 is 2.20 bits per heavy atom. The molecule has 1 N–H and O–H groups in total. The molecule has 3 rings (SSSR count). The summed E-state index contributed by atoms with van der Waals surface area (Å²) >= 11 is 13.2. The topological polar surface area (TPSA) is 63.8 Å². The fourth-order valence-corrected chi connectivity index (χ4v) is 2.73. The minimum atomic E-state index is -1.14. The summed E-state index contributed by atoms with van der Waals surface area (Å²) < 4.78 is 6.95. The maximum absolute atomic E-state index is 11.3. The van der Waals surface area contributed by atoms with Crippen molar-refractivity contribution >= 4 is 45.5 Å². The van der Waals surface area contributed by atoms with Crippen LogP contribution in [0.3, 0.4) is 0 Å². The third kappa shape index (κ3) is 2.11. The zero-order chi connectivity index (χ0) is 14.3. The summed E-state index contributed by atoms with van der Waals surface area (Å²) in [6.45, 7) is 0. The number of thiazole rings is 1. The summed E-state index contributed by atoms with van der Waals surface area (Å²) in [6, 6.07) is 4.86. The number of hydrogen-bond donors (Lipinski definition) is 1. The Morgan fingerprint density at radius 1 is 1.40 bits per heavy atom. The van der Waals surface area contributed by atoms with E-state index in [9.17, 15) is 9.90 Å². The molecule has 0 radical (unpaired) electrons. The highest BCUT2D eigenvalue weighted by Gasteiger charge is 2.22. The zero-order valence-corrected chi connectivity index (χ0v) is 12.0. The Morgan fingerprint density at radius 3 is 2.95 bits per heavy atom. The molecule has 0 aliphatic carbocycles. The number of aromatic carboxylic acids is 1. The highest BCUT2D eigenvalue weighted by Crippen LogP contribution is 2.36. The summed E-state index contributed by atoms with van der Waals surface area (Å²) in [7, 11) is 0. The standard InChI is InChI=1S/C12H6Cl2N2O3S/c13-6-2-1-3-7(8(6)14)19-10-9(11(17)18)16-4-5-20-12(16)15-10/h1-5H,(H,17,18). The quantitative estimate of drug-likeness (QED) is 0.782. The van der Waals surface area contributed by atoms with Crippen molar-refractivity contribution in [3.05, 3.63) is 45.5 Å². The van der Waals surface area contributed by atoms with Crippen LogP contribution in [0.1, 0.15) is 10.5 Å². The lowest BCUT2D eigenvalue weighted by molar-refractivity contribution is 0.0686. The molecule has 20 heavy (non-hydrogen) atoms. The van der Waals surface area contributed by atoms with Crippen LogP contribution in [0.2, 0.25) is 10.0 Å². The van der Waals surface area contributed by atoms with E-state index in [4.69, 9.17) is 27.9 Å². The third-order valence-corrected chi connectivity index (χ3v) is 4.11. The molecule has 0 aliphatic heterocycles. The Kier molecular flexibility index (Phi) is 3.29. The minimum Gasteiger partial charge on any atom is -0.476 e. The van der Waals surface area contributed by atoms with Gasteiger partial charge in [0.25, 0.3) is 5.88 Å². The molecule has 0 unspecified atom stereocenters. The van der Waals surface area contributed by atoms with Gasteiger partial charge in [-0.3, -0.25) is 4.40 Å². The number of imidazole rings is 1. The smallest absolute Gasteiger partial charge is 0.358 e. The first-order valence-electron chi connectivity index (χ1n) is 5.38. The molecule has 0 atom stereocenters. The van der Waals surface area contributed by atoms with Crippen LogP contribution in [0.15, 0.2) is 29.8 Å². The number of carboxylic acids is 1. The van der Waals surface area contributed by atoms with E-state index < -0.39 is 5.97 Å². The average molecular weight is 329 g/mol. The van der Waals surface area contributed by atoms with Gasteiger partial charge in [0, 0.05) is 11.6 Å². The number of hydrogen-bond acceptors (Lipinski definition) is 4. The van der Waals surface area contributed by atoms with Gasteiger partial charge in [0.15, 0.2) is 10.7 Å². The number of halogens is 2. The Balaban J connectivity index is 2.10. The molecule has 8 heteroatoms. The number of ether oxygens (including phenoxy) is 1. The molecule has 0 saturated heterocycles. The van der Waals surface area contributed by atoms with Crippen molar-refractivity contribution in [1.82, 2.24) is 9.38 Å². The molecule has 102 valence electrons. The van der Waals surface area contributed by atoms with Crippen molar-refractivity contribution in [3.8, 4) is 11.6 Å². The average Bonchev–Trinajstić information content (AvgIpc) is 2.94. The highest BCUT2D eigenvalue weighted by atomic mass is 35.5. The van der Waals surface area contributed by atoms with Crippen molar-refractivity contribution in [1.29, 1.82) is 0 Å². The summed E-state index contributed by atoms with van der Waals surface area (Å²) in [6.07, 6.45) is 1.61. The van der Waals surface area contributed by atoms with Crippen LogP contribution in [-0.2, 0) is 0 Å². The van der Waals surface area contributed by atoms with Crippen LogP contribution in [-0.4, -0.2) is 20.5 Å². The van der Waals surface area contributed by atoms with Crippen molar-refractivity contribution in [2.75, 3.05) is 0 Å². The van der Waals surface area contributed by atoms with Gasteiger partial charge in [-0.15, -0.1) is 11.3 Å². The first-order chi connectivity index (χ1) is 9.58. The minimum absolute atomic E-state index is 0.0199. The molecule has 0 amide bonds. The van der Waals surface area contributed by atoms with Gasteiger partial charge < -0.3 is 9.84 Å². The van der Waals surface area contributed by atoms with Crippen LogP contribution >= 0.6 is 34.5 Å². The molecule has 0 fully saturated rings. The summed E-state index contributed by atoms with van der Waals surface area (Å²) in [5.41, 5.74) is -0.0581. The van der Waals surface area contributed by atoms with E-state index in [2.05, 4.69) is 4.98 Å². The predicted octanol–water partition coefficient (Wildman–Crippen LogP) is 4.19. The monoisotopic (exact) mass is 328 g/mol. The number of fused-ring (bicyclic) bond motifs is 1. The van der Waals surface area contributed by atoms with E-state index >= 15 is 0 Å². The highest BCUT2D eigenvalue weighted by molar-refractivity contribution is 7.15. The lowest BCUT2D eigenvalue weighted by Crippen LogP contribution is -2.02. The largest absolute Gasteiger partial charge is 0.476 e. The lowest BCUT2D eigenvalue weighted by Gasteiger charge is -2.06. The molecule has 2 aromatic heterocycles. The van der Waals surface area contributed by atoms with Crippen LogP contribution in [0.25, 0.3) is 4.96 Å². The van der Waals surface area contributed by atoms with Crippen molar-refractivity contribution in [2.24, 2.45) is 0 Å². The van der Waals surface area contributed by atoms with Gasteiger partial charge in [-0.1, -0.05) is 29.3 Å². The van der Waals surface area contributed by atoms with Crippen molar-refractivity contribution in [2.45, 2.75) is 0 Å². The third-order valence-electron chi connectivity index (χ3n) is 2.56. The first kappa shape index (κ1) is 13.2. The van der Waals surface area contributed by atoms with E-state index in [1.165, 1.54) is 15.7 Å². The van der Waals surface area contributed by atoms with Crippen LogP contribution < -0.4 is 4.74 Å². The molecular formula is C12H6Cl2N2O3S. The predicted molar refractivity (Wildman–Crippen MR) is 76.6 cm³/mol. The van der Waals surface area contributed by atoms with Crippen molar-refractivity contribution < 1.29 is 14.6 Å². The number of aromatic nitrogens is 2. The molecular weight excluding hydrogens is 323 g/mol. The Labute approximate surface area is 127 Å². The number of carboxylic acid groups (broad SMARTS) is 1. The van der Waals surface area contributed by atoms with E-state index in [0.717, 1.165) is 0 Å². The maximum Gasteiger partial charge on any atom is 0.358 e. The van der Waals surface area contributed by atoms with Crippen LogP contribution in [0.4, 0.5) is 0 Å². The van der Waals surface area contributed by atoms with Gasteiger partial charge in [0.2, 0.25) is 0 Å². The molecule has 5 nitrogen and oxygen atoms in total. The van der Waals surface area contributed by atoms with Gasteiger partial charge in [-0.05, 0) is 12.1 Å². The van der Waals surface area contributed by atoms with Gasteiger partial charge in [0.1, 0.15) is 10.8 Å². The molecule has 3 aromatic rings. The molecule has 0 saturated carbocycles. The molecule has 1 aromatic carbocycles. The van der Waals surface area contributed by atoms with E-state index in [1.807, 2.05) is 0 Å². The Hall–Kier alpha value is -1.76. The number of rotatable bonds is 3. The molecule has 0 aliphatic rings. The van der Waals surface area contributed by atoms with Crippen LogP contribution in [0.5, 0.6) is 11.6 Å². The summed E-state index contributed by atoms with van der Waals surface area (Å²) in [5, 5.41) is 11.5. The second kappa shape index (κ2) is 4.97. The number of benzene rings is 1. The van der Waals surface area contributed by atoms with Gasteiger partial charge in [-0.25, -0.2) is 4.79 Å². The van der Waals surface area contributed by atoms with Crippen LogP contribution in [0, 0.1) is 0 Å². The first-order valence-corrected chi connectivity index (χ1v) is 7.02. The number of carbonyl (C=O) groups is 1. The fraction of sp³-hybridized carbons (Fsp3) is 0. The normalized spacial score (nSPS) is 10.9. The van der Waals surface area contributed by atoms with Gasteiger partial charge in [0.05, 0.1) is 5.02 Å². The SMILES string of the molecule is O=C(O)c1c(Oc2cccc(Cl)c2Cl)nc2sccn12. The van der Waals surface area contributed by atoms with E-state index in [-0.39, 0.29) is 22.3 Å². The summed E-state index contributed by atoms with van der Waals surface area (Å²) in [4.78, 5) is 16.0. The maximum atomic E-state index is 11.3. The molecule has 0 spiro atoms. The molecule has 0 bridgehead atoms. The fourth-order valence-electron chi connectivity index (χ4n) is 1.70. The van der Waals surface area contributed by atoms with Gasteiger partial charge >= 0.3 is 5.97 Å².